The van der Waals surface area contributed by atoms with Crippen LogP contribution in [0.2, 0.25) is 0 Å². The van der Waals surface area contributed by atoms with Gasteiger partial charge in [0, 0.05) is 38.0 Å². The van der Waals surface area contributed by atoms with Crippen molar-refractivity contribution in [1.29, 1.82) is 0 Å². The third kappa shape index (κ3) is 4.24. The van der Waals surface area contributed by atoms with Crippen molar-refractivity contribution in [3.05, 3.63) is 0 Å². The fraction of sp³-hybridized carbons (Fsp3) is 0.917. The second-order valence-corrected chi connectivity index (χ2v) is 17.6. The summed E-state index contributed by atoms with van der Waals surface area (Å²) in [6.07, 6.45) is 7.01. The van der Waals surface area contributed by atoms with Gasteiger partial charge < -0.3 is 24.1 Å². The Labute approximate surface area is 263 Å². The molecule has 5 saturated carbocycles. The van der Waals surface area contributed by atoms with Gasteiger partial charge in [-0.3, -0.25) is 14.4 Å². The fourth-order valence-corrected chi connectivity index (χ4v) is 13.1. The van der Waals surface area contributed by atoms with E-state index in [4.69, 9.17) is 18.9 Å². The number of hydrogen-bond acceptors (Lipinski definition) is 8. The lowest BCUT2D eigenvalue weighted by Gasteiger charge is -2.64. The Morgan fingerprint density at radius 1 is 0.750 bits per heavy atom. The molecule has 5 aliphatic carbocycles. The van der Waals surface area contributed by atoms with E-state index in [2.05, 4.69) is 34.6 Å². The lowest BCUT2D eigenvalue weighted by Crippen LogP contribution is -2.63. The normalized spacial score (nSPS) is 50.4. The topological polar surface area (TPSA) is 108 Å². The van der Waals surface area contributed by atoms with Crippen molar-refractivity contribution >= 4 is 17.9 Å². The van der Waals surface area contributed by atoms with Crippen LogP contribution in [-0.4, -0.2) is 58.6 Å². The van der Waals surface area contributed by atoms with Crippen molar-refractivity contribution in [2.45, 2.75) is 163 Å². The summed E-state index contributed by atoms with van der Waals surface area (Å²) in [6.45, 7) is 19.6. The van der Waals surface area contributed by atoms with Gasteiger partial charge in [-0.25, -0.2) is 0 Å². The molecule has 0 bridgehead atoms. The quantitative estimate of drug-likeness (QED) is 0.290. The number of fused-ring (bicyclic) bond motifs is 2. The van der Waals surface area contributed by atoms with E-state index in [0.29, 0.717) is 0 Å². The summed E-state index contributed by atoms with van der Waals surface area (Å²) in [4.78, 5) is 37.4. The molecule has 0 unspecified atom stereocenters. The van der Waals surface area contributed by atoms with Gasteiger partial charge in [0.25, 0.3) is 0 Å². The van der Waals surface area contributed by atoms with Crippen LogP contribution < -0.4 is 0 Å². The second kappa shape index (κ2) is 9.68. The van der Waals surface area contributed by atoms with Crippen LogP contribution in [0.4, 0.5) is 0 Å². The number of carbonyl (C=O) groups excluding carboxylic acids is 3. The molecule has 6 rings (SSSR count). The lowest BCUT2D eigenvalue weighted by atomic mass is 9.41. The Kier molecular flexibility index (Phi) is 7.10. The molecule has 1 N–H and O–H groups in total. The number of rotatable bonds is 5. The van der Waals surface area contributed by atoms with Crippen LogP contribution >= 0.6 is 0 Å². The molecule has 0 aromatic carbocycles. The molecule has 8 heteroatoms. The van der Waals surface area contributed by atoms with Gasteiger partial charge in [0.05, 0.1) is 17.3 Å². The van der Waals surface area contributed by atoms with E-state index >= 15 is 0 Å². The Morgan fingerprint density at radius 2 is 1.36 bits per heavy atom. The standard InChI is InChI=1S/C36H56O8/c1-20(37)41-23-17-25-33(9)18-24(42-21(2)38)29(34(10)13-11-27(44-34)31(6,7)40)32(33,8)15-16-35(25)19-36(35)14-12-26(43-22(3)39)30(4,5)28(23)36/h23-29,40H,11-19H2,1-10H3/t23-,24-,25-,26-,27-,28-,29-,32+,33-,34+,35-,36+/m0/s1. The van der Waals surface area contributed by atoms with Gasteiger partial charge in [0.15, 0.2) is 0 Å². The Hall–Kier alpha value is -1.67. The minimum absolute atomic E-state index is 0.0231. The van der Waals surface area contributed by atoms with E-state index in [0.717, 1.165) is 57.8 Å². The highest BCUT2D eigenvalue weighted by molar-refractivity contribution is 5.67. The predicted octanol–water partition coefficient (Wildman–Crippen LogP) is 6.15. The van der Waals surface area contributed by atoms with Gasteiger partial charge in [-0.2, -0.15) is 0 Å². The second-order valence-electron chi connectivity index (χ2n) is 17.6. The smallest absolute Gasteiger partial charge is 0.302 e. The molecule has 1 heterocycles. The first-order valence-electron chi connectivity index (χ1n) is 17.1. The molecule has 44 heavy (non-hydrogen) atoms. The average molecular weight is 617 g/mol. The monoisotopic (exact) mass is 616 g/mol. The highest BCUT2D eigenvalue weighted by atomic mass is 16.6. The van der Waals surface area contributed by atoms with E-state index < -0.39 is 11.2 Å². The van der Waals surface area contributed by atoms with E-state index in [1.807, 2.05) is 13.8 Å². The Balaban J connectivity index is 1.42. The van der Waals surface area contributed by atoms with E-state index in [-0.39, 0.29) is 87.2 Å². The molecule has 1 aliphatic heterocycles. The number of aliphatic hydroxyl groups is 1. The van der Waals surface area contributed by atoms with Crippen LogP contribution in [0.15, 0.2) is 0 Å². The first-order chi connectivity index (χ1) is 20.2. The SMILES string of the molecule is CC(=O)O[C@H]1C[C@@]2(C)[C@@H]3C[C@H](OC(C)=O)[C@H]4C(C)(C)[C@@H](OC(C)=O)CC[C@@]45C[C@@]35CC[C@]2(C)[C@H]1[C@@]1(C)CC[C@@H](C(C)(C)O)O1. The van der Waals surface area contributed by atoms with Gasteiger partial charge in [-0.1, -0.05) is 27.7 Å². The zero-order valence-electron chi connectivity index (χ0n) is 28.7. The fourth-order valence-electron chi connectivity index (χ4n) is 13.1. The molecule has 248 valence electrons. The van der Waals surface area contributed by atoms with Crippen molar-refractivity contribution in [3.63, 3.8) is 0 Å². The summed E-state index contributed by atoms with van der Waals surface area (Å²) in [7, 11) is 0. The average Bonchev–Trinajstić information content (AvgIpc) is 3.21. The molecule has 0 aromatic heterocycles. The van der Waals surface area contributed by atoms with Crippen molar-refractivity contribution < 1.29 is 38.4 Å². The summed E-state index contributed by atoms with van der Waals surface area (Å²) in [5.74, 6) is -0.426. The van der Waals surface area contributed by atoms with E-state index in [1.165, 1.54) is 20.8 Å². The maximum Gasteiger partial charge on any atom is 0.302 e. The van der Waals surface area contributed by atoms with Crippen LogP contribution in [0, 0.1) is 44.8 Å². The predicted molar refractivity (Wildman–Crippen MR) is 163 cm³/mol. The van der Waals surface area contributed by atoms with Gasteiger partial charge in [-0.05, 0) is 106 Å². The highest BCUT2D eigenvalue weighted by Gasteiger charge is 2.85. The van der Waals surface area contributed by atoms with Gasteiger partial charge in [0.2, 0.25) is 0 Å². The molecule has 6 fully saturated rings. The highest BCUT2D eigenvalue weighted by Crippen LogP contribution is 2.89. The van der Waals surface area contributed by atoms with E-state index in [9.17, 15) is 19.5 Å². The molecule has 1 saturated heterocycles. The van der Waals surface area contributed by atoms with Crippen LogP contribution in [0.3, 0.4) is 0 Å². The van der Waals surface area contributed by atoms with Crippen molar-refractivity contribution in [3.8, 4) is 0 Å². The maximum atomic E-state index is 12.7. The summed E-state index contributed by atoms with van der Waals surface area (Å²) in [5, 5.41) is 10.9. The first-order valence-corrected chi connectivity index (χ1v) is 17.1. The summed E-state index contributed by atoms with van der Waals surface area (Å²) in [6, 6.07) is 0. The number of ether oxygens (including phenoxy) is 4. The van der Waals surface area contributed by atoms with Gasteiger partial charge in [0.1, 0.15) is 18.3 Å². The van der Waals surface area contributed by atoms with Crippen LogP contribution in [0.5, 0.6) is 0 Å². The summed E-state index contributed by atoms with van der Waals surface area (Å²) in [5.41, 5.74) is -2.07. The molecule has 6 aliphatic rings. The van der Waals surface area contributed by atoms with Gasteiger partial charge in [-0.15, -0.1) is 0 Å². The maximum absolute atomic E-state index is 12.7. The van der Waals surface area contributed by atoms with Gasteiger partial charge >= 0.3 is 17.9 Å². The first kappa shape index (κ1) is 32.3. The molecule has 8 nitrogen and oxygen atoms in total. The van der Waals surface area contributed by atoms with Crippen LogP contribution in [0.1, 0.15) is 127 Å². The summed E-state index contributed by atoms with van der Waals surface area (Å²) >= 11 is 0. The molecule has 2 spiro atoms. The van der Waals surface area contributed by atoms with E-state index in [1.54, 1.807) is 0 Å². The molecule has 0 radical (unpaired) electrons. The van der Waals surface area contributed by atoms with Crippen LogP contribution in [-0.2, 0) is 33.3 Å². The number of esters is 3. The van der Waals surface area contributed by atoms with Crippen molar-refractivity contribution in [2.24, 2.45) is 44.8 Å². The molecule has 0 aromatic rings. The molecule has 0 amide bonds. The Bertz CT molecular complexity index is 1240. The minimum atomic E-state index is -0.956. The van der Waals surface area contributed by atoms with Crippen molar-refractivity contribution in [1.82, 2.24) is 0 Å². The number of carbonyl (C=O) groups is 3. The van der Waals surface area contributed by atoms with Crippen LogP contribution in [0.25, 0.3) is 0 Å². The third-order valence-electron chi connectivity index (χ3n) is 14.6. The molecular weight excluding hydrogens is 560 g/mol. The zero-order chi connectivity index (χ0) is 32.5. The number of hydrogen-bond donors (Lipinski definition) is 1. The summed E-state index contributed by atoms with van der Waals surface area (Å²) < 4.78 is 25.3. The molecule has 12 atom stereocenters. The molecular formula is C36H56O8. The minimum Gasteiger partial charge on any atom is -0.462 e. The lowest BCUT2D eigenvalue weighted by molar-refractivity contribution is -0.224. The van der Waals surface area contributed by atoms with Crippen molar-refractivity contribution in [2.75, 3.05) is 0 Å². The third-order valence-corrected chi connectivity index (χ3v) is 14.6. The Morgan fingerprint density at radius 3 is 1.93 bits per heavy atom. The zero-order valence-corrected chi connectivity index (χ0v) is 28.7. The largest absolute Gasteiger partial charge is 0.462 e.